The van der Waals surface area contributed by atoms with E-state index in [0.29, 0.717) is 29.0 Å². The zero-order valence-electron chi connectivity index (χ0n) is 17.8. The second-order valence-corrected chi connectivity index (χ2v) is 7.82. The summed E-state index contributed by atoms with van der Waals surface area (Å²) >= 11 is 12.2. The van der Waals surface area contributed by atoms with Crippen molar-refractivity contribution in [2.45, 2.75) is 26.5 Å². The van der Waals surface area contributed by atoms with Crippen molar-refractivity contribution in [1.29, 1.82) is 0 Å². The van der Waals surface area contributed by atoms with Crippen molar-refractivity contribution in [2.75, 3.05) is 20.3 Å². The van der Waals surface area contributed by atoms with Crippen LogP contribution in [0.1, 0.15) is 23.6 Å². The molecule has 0 amide bonds. The molecule has 3 aromatic rings. The van der Waals surface area contributed by atoms with Gasteiger partial charge in [-0.1, -0.05) is 53.5 Å². The third-order valence-corrected chi connectivity index (χ3v) is 5.39. The van der Waals surface area contributed by atoms with Crippen LogP contribution >= 0.6 is 23.2 Å². The number of para-hydroxylation sites is 1. The zero-order valence-corrected chi connectivity index (χ0v) is 19.3. The van der Waals surface area contributed by atoms with Crippen LogP contribution in [-0.4, -0.2) is 20.3 Å². The van der Waals surface area contributed by atoms with Gasteiger partial charge in [-0.3, -0.25) is 0 Å². The summed E-state index contributed by atoms with van der Waals surface area (Å²) in [5.74, 6) is 2.33. The first-order valence-corrected chi connectivity index (χ1v) is 11.0. The van der Waals surface area contributed by atoms with Crippen LogP contribution in [-0.2, 0) is 19.6 Å². The molecule has 0 aliphatic rings. The molecule has 4 nitrogen and oxygen atoms in total. The Morgan fingerprint density at radius 1 is 0.839 bits per heavy atom. The third kappa shape index (κ3) is 6.79. The number of benzene rings is 3. The van der Waals surface area contributed by atoms with E-state index in [1.807, 2.05) is 49.4 Å². The van der Waals surface area contributed by atoms with Gasteiger partial charge in [-0.2, -0.15) is 0 Å². The molecule has 0 aromatic heterocycles. The standard InChI is InChI=1S/C25H27Cl2NO3/c1-3-30-25-14-18(16-28-13-12-19-6-4-5-7-23(19)29-2)8-11-24(25)31-17-20-9-10-21(26)15-22(20)27/h4-11,14-15,28H,3,12-13,16-17H2,1-2H3. The predicted octanol–water partition coefficient (Wildman–Crippen LogP) is 6.31. The molecule has 1 N–H and O–H groups in total. The Bertz CT molecular complexity index is 994. The smallest absolute Gasteiger partial charge is 0.161 e. The Balaban J connectivity index is 1.57. The van der Waals surface area contributed by atoms with Crippen molar-refractivity contribution in [2.24, 2.45) is 0 Å². The Hall–Kier alpha value is -2.40. The first-order chi connectivity index (χ1) is 15.1. The van der Waals surface area contributed by atoms with Crippen LogP contribution in [0.2, 0.25) is 10.0 Å². The molecule has 0 spiro atoms. The second-order valence-electron chi connectivity index (χ2n) is 6.98. The average molecular weight is 460 g/mol. The molecule has 3 rings (SSSR count). The lowest BCUT2D eigenvalue weighted by Crippen LogP contribution is -2.17. The van der Waals surface area contributed by atoms with Gasteiger partial charge in [-0.05, 0) is 61.3 Å². The first-order valence-electron chi connectivity index (χ1n) is 10.3. The van der Waals surface area contributed by atoms with E-state index in [1.165, 1.54) is 5.56 Å². The topological polar surface area (TPSA) is 39.7 Å². The lowest BCUT2D eigenvalue weighted by Gasteiger charge is -2.15. The molecule has 0 saturated heterocycles. The molecule has 31 heavy (non-hydrogen) atoms. The van der Waals surface area contributed by atoms with E-state index in [-0.39, 0.29) is 0 Å². The van der Waals surface area contributed by atoms with Gasteiger partial charge >= 0.3 is 0 Å². The summed E-state index contributed by atoms with van der Waals surface area (Å²) in [6.45, 7) is 4.43. The maximum atomic E-state index is 6.24. The second kappa shape index (κ2) is 11.8. The molecule has 0 radical (unpaired) electrons. The van der Waals surface area contributed by atoms with Gasteiger partial charge in [-0.25, -0.2) is 0 Å². The average Bonchev–Trinajstić information content (AvgIpc) is 2.77. The fraction of sp³-hybridized carbons (Fsp3) is 0.280. The summed E-state index contributed by atoms with van der Waals surface area (Å²) in [7, 11) is 1.70. The zero-order chi connectivity index (χ0) is 22.1. The van der Waals surface area contributed by atoms with Crippen LogP contribution < -0.4 is 19.5 Å². The molecule has 164 valence electrons. The molecule has 0 bridgehead atoms. The van der Waals surface area contributed by atoms with Gasteiger partial charge < -0.3 is 19.5 Å². The fourth-order valence-corrected chi connectivity index (χ4v) is 3.67. The predicted molar refractivity (Wildman–Crippen MR) is 127 cm³/mol. The maximum absolute atomic E-state index is 6.24. The van der Waals surface area contributed by atoms with Gasteiger partial charge in [0.05, 0.1) is 13.7 Å². The molecular weight excluding hydrogens is 433 g/mol. The minimum absolute atomic E-state index is 0.340. The number of halogens is 2. The molecule has 6 heteroatoms. The largest absolute Gasteiger partial charge is 0.496 e. The molecule has 0 fully saturated rings. The summed E-state index contributed by atoms with van der Waals surface area (Å²) in [4.78, 5) is 0. The Morgan fingerprint density at radius 2 is 1.68 bits per heavy atom. The Labute approximate surface area is 194 Å². The summed E-state index contributed by atoms with van der Waals surface area (Å²) in [5.41, 5.74) is 3.19. The molecule has 0 saturated carbocycles. The van der Waals surface area contributed by atoms with Crippen LogP contribution in [0.25, 0.3) is 0 Å². The normalized spacial score (nSPS) is 10.7. The van der Waals surface area contributed by atoms with E-state index < -0.39 is 0 Å². The van der Waals surface area contributed by atoms with Crippen molar-refractivity contribution in [3.05, 3.63) is 87.4 Å². The number of hydrogen-bond donors (Lipinski definition) is 1. The number of nitrogens with one attached hydrogen (secondary N) is 1. The summed E-state index contributed by atoms with van der Waals surface area (Å²) < 4.78 is 17.2. The van der Waals surface area contributed by atoms with Crippen LogP contribution in [0.5, 0.6) is 17.2 Å². The van der Waals surface area contributed by atoms with Gasteiger partial charge in [0.1, 0.15) is 12.4 Å². The summed E-state index contributed by atoms with van der Waals surface area (Å²) in [6, 6.07) is 19.5. The summed E-state index contributed by atoms with van der Waals surface area (Å²) in [5, 5.41) is 4.67. The van der Waals surface area contributed by atoms with Crippen molar-refractivity contribution in [3.8, 4) is 17.2 Å². The molecule has 0 aliphatic heterocycles. The van der Waals surface area contributed by atoms with E-state index in [4.69, 9.17) is 37.4 Å². The minimum Gasteiger partial charge on any atom is -0.496 e. The van der Waals surface area contributed by atoms with Crippen LogP contribution in [0, 0.1) is 0 Å². The third-order valence-electron chi connectivity index (χ3n) is 4.80. The quantitative estimate of drug-likeness (QED) is 0.341. The molecule has 0 atom stereocenters. The highest BCUT2D eigenvalue weighted by atomic mass is 35.5. The van der Waals surface area contributed by atoms with Crippen molar-refractivity contribution >= 4 is 23.2 Å². The van der Waals surface area contributed by atoms with Crippen molar-refractivity contribution in [1.82, 2.24) is 5.32 Å². The number of rotatable bonds is 11. The fourth-order valence-electron chi connectivity index (χ4n) is 3.21. The number of hydrogen-bond acceptors (Lipinski definition) is 4. The molecule has 0 aliphatic carbocycles. The molecule has 0 unspecified atom stereocenters. The van der Waals surface area contributed by atoms with E-state index >= 15 is 0 Å². The van der Waals surface area contributed by atoms with E-state index in [1.54, 1.807) is 19.2 Å². The SMILES string of the molecule is CCOc1cc(CNCCc2ccccc2OC)ccc1OCc1ccc(Cl)cc1Cl. The van der Waals surface area contributed by atoms with Gasteiger partial charge in [0.2, 0.25) is 0 Å². The number of methoxy groups -OCH3 is 1. The molecular formula is C25H27Cl2NO3. The van der Waals surface area contributed by atoms with E-state index in [9.17, 15) is 0 Å². The molecule has 0 heterocycles. The van der Waals surface area contributed by atoms with Gasteiger partial charge in [0.15, 0.2) is 11.5 Å². The highest BCUT2D eigenvalue weighted by molar-refractivity contribution is 6.35. The van der Waals surface area contributed by atoms with Crippen LogP contribution in [0.3, 0.4) is 0 Å². The van der Waals surface area contributed by atoms with E-state index in [0.717, 1.165) is 42.1 Å². The van der Waals surface area contributed by atoms with Gasteiger partial charge in [-0.15, -0.1) is 0 Å². The van der Waals surface area contributed by atoms with Crippen LogP contribution in [0.15, 0.2) is 60.7 Å². The molecule has 3 aromatic carbocycles. The highest BCUT2D eigenvalue weighted by Gasteiger charge is 2.09. The van der Waals surface area contributed by atoms with E-state index in [2.05, 4.69) is 11.4 Å². The summed E-state index contributed by atoms with van der Waals surface area (Å²) in [6.07, 6.45) is 0.894. The van der Waals surface area contributed by atoms with Crippen LogP contribution in [0.4, 0.5) is 0 Å². The lowest BCUT2D eigenvalue weighted by atomic mass is 10.1. The highest BCUT2D eigenvalue weighted by Crippen LogP contribution is 2.30. The van der Waals surface area contributed by atoms with Gasteiger partial charge in [0.25, 0.3) is 0 Å². The number of ether oxygens (including phenoxy) is 3. The van der Waals surface area contributed by atoms with Crippen molar-refractivity contribution in [3.63, 3.8) is 0 Å². The van der Waals surface area contributed by atoms with Gasteiger partial charge in [0, 0.05) is 22.2 Å². The monoisotopic (exact) mass is 459 g/mol. The lowest BCUT2D eigenvalue weighted by molar-refractivity contribution is 0.269. The van der Waals surface area contributed by atoms with Crippen molar-refractivity contribution < 1.29 is 14.2 Å². The first kappa shape index (κ1) is 23.3. The minimum atomic E-state index is 0.340. The maximum Gasteiger partial charge on any atom is 0.161 e. The Kier molecular flexibility index (Phi) is 8.89. The Morgan fingerprint density at radius 3 is 2.45 bits per heavy atom.